The topological polar surface area (TPSA) is 135 Å². The molecule has 8 nitrogen and oxygen atoms in total. The Morgan fingerprint density at radius 1 is 0.963 bits per heavy atom. The van der Waals surface area contributed by atoms with E-state index in [0.717, 1.165) is 0 Å². The van der Waals surface area contributed by atoms with Crippen LogP contribution in [0.15, 0.2) is 64.4 Å². The minimum absolute atomic E-state index is 0.0138. The normalized spacial score (nSPS) is 13.1. The third-order valence-electron chi connectivity index (χ3n) is 3.78. The van der Waals surface area contributed by atoms with Gasteiger partial charge in [0, 0.05) is 13.0 Å². The lowest BCUT2D eigenvalue weighted by atomic mass is 10.1. The van der Waals surface area contributed by atoms with E-state index < -0.39 is 20.0 Å². The van der Waals surface area contributed by atoms with Gasteiger partial charge in [0.2, 0.25) is 26.0 Å². The summed E-state index contributed by atoms with van der Waals surface area (Å²) in [6.07, 6.45) is -0.0360. The van der Waals surface area contributed by atoms with Crippen LogP contribution in [0.2, 0.25) is 0 Å². The Morgan fingerprint density at radius 2 is 1.56 bits per heavy atom. The number of sulfonamides is 2. The highest BCUT2D eigenvalue weighted by molar-refractivity contribution is 7.89. The summed E-state index contributed by atoms with van der Waals surface area (Å²) in [7, 11) is -7.42. The third kappa shape index (κ3) is 6.14. The predicted octanol–water partition coefficient (Wildman–Crippen LogP) is 0.880. The van der Waals surface area contributed by atoms with Crippen LogP contribution in [-0.4, -0.2) is 29.3 Å². The van der Waals surface area contributed by atoms with Crippen molar-refractivity contribution in [2.75, 3.05) is 6.54 Å². The van der Waals surface area contributed by atoms with E-state index in [4.69, 9.17) is 5.14 Å². The molecule has 2 aromatic carbocycles. The van der Waals surface area contributed by atoms with Gasteiger partial charge in [0.15, 0.2) is 0 Å². The van der Waals surface area contributed by atoms with Crippen molar-refractivity contribution >= 4 is 26.0 Å². The van der Waals surface area contributed by atoms with E-state index >= 15 is 0 Å². The highest BCUT2D eigenvalue weighted by Crippen LogP contribution is 2.15. The lowest BCUT2D eigenvalue weighted by Gasteiger charge is -2.15. The fourth-order valence-electron chi connectivity index (χ4n) is 2.33. The molecule has 0 saturated carbocycles. The zero-order valence-electron chi connectivity index (χ0n) is 14.6. The van der Waals surface area contributed by atoms with Gasteiger partial charge in [-0.3, -0.25) is 4.79 Å². The van der Waals surface area contributed by atoms with Crippen LogP contribution < -0.4 is 15.2 Å². The molecule has 4 N–H and O–H groups in total. The molecule has 0 heterocycles. The van der Waals surface area contributed by atoms with Gasteiger partial charge in [0.25, 0.3) is 0 Å². The van der Waals surface area contributed by atoms with Gasteiger partial charge in [-0.15, -0.1) is 0 Å². The SMILES string of the molecule is CC(NC(=O)CCNS(=O)(=O)c1ccccc1)c1ccc(S(N)(=O)=O)cc1. The van der Waals surface area contributed by atoms with Gasteiger partial charge in [-0.05, 0) is 36.8 Å². The quantitative estimate of drug-likeness (QED) is 0.592. The van der Waals surface area contributed by atoms with Crippen LogP contribution in [0, 0.1) is 0 Å². The highest BCUT2D eigenvalue weighted by Gasteiger charge is 2.15. The summed E-state index contributed by atoms with van der Waals surface area (Å²) in [5, 5.41) is 7.77. The van der Waals surface area contributed by atoms with Crippen LogP contribution in [0.5, 0.6) is 0 Å². The molecule has 2 aromatic rings. The van der Waals surface area contributed by atoms with Crippen LogP contribution in [0.25, 0.3) is 0 Å². The minimum Gasteiger partial charge on any atom is -0.350 e. The Bertz CT molecular complexity index is 989. The molecule has 0 aliphatic rings. The van der Waals surface area contributed by atoms with E-state index in [1.165, 1.54) is 24.3 Å². The number of nitrogens with two attached hydrogens (primary N) is 1. The lowest BCUT2D eigenvalue weighted by molar-refractivity contribution is -0.121. The van der Waals surface area contributed by atoms with Gasteiger partial charge in [-0.2, -0.15) is 0 Å². The summed E-state index contributed by atoms with van der Waals surface area (Å²) in [5.74, 6) is -0.339. The first-order valence-corrected chi connectivity index (χ1v) is 11.1. The molecule has 0 bridgehead atoms. The summed E-state index contributed by atoms with van der Waals surface area (Å²) in [6.45, 7) is 1.69. The summed E-state index contributed by atoms with van der Waals surface area (Å²) in [5.41, 5.74) is 0.695. The van der Waals surface area contributed by atoms with E-state index in [9.17, 15) is 21.6 Å². The number of benzene rings is 2. The summed E-state index contributed by atoms with van der Waals surface area (Å²) >= 11 is 0. The standard InChI is InChI=1S/C17H21N3O5S2/c1-13(14-7-9-15(10-8-14)26(18,22)23)20-17(21)11-12-19-27(24,25)16-5-3-2-4-6-16/h2-10,13,19H,11-12H2,1H3,(H,20,21)(H2,18,22,23). The maximum atomic E-state index is 12.1. The smallest absolute Gasteiger partial charge is 0.240 e. The molecule has 27 heavy (non-hydrogen) atoms. The zero-order valence-corrected chi connectivity index (χ0v) is 16.3. The number of nitrogens with one attached hydrogen (secondary N) is 2. The molecule has 2 rings (SSSR count). The zero-order chi connectivity index (χ0) is 20.1. The van der Waals surface area contributed by atoms with Crippen molar-refractivity contribution in [2.45, 2.75) is 29.2 Å². The maximum Gasteiger partial charge on any atom is 0.240 e. The Kier molecular flexibility index (Phi) is 6.71. The van der Waals surface area contributed by atoms with Gasteiger partial charge in [-0.1, -0.05) is 30.3 Å². The van der Waals surface area contributed by atoms with E-state index in [1.807, 2.05) is 0 Å². The molecule has 0 spiro atoms. The van der Waals surface area contributed by atoms with Gasteiger partial charge < -0.3 is 5.32 Å². The van der Waals surface area contributed by atoms with Crippen molar-refractivity contribution in [3.05, 3.63) is 60.2 Å². The lowest BCUT2D eigenvalue weighted by Crippen LogP contribution is -2.32. The van der Waals surface area contributed by atoms with E-state index in [2.05, 4.69) is 10.0 Å². The predicted molar refractivity (Wildman–Crippen MR) is 101 cm³/mol. The molecular formula is C17H21N3O5S2. The Labute approximate surface area is 158 Å². The largest absolute Gasteiger partial charge is 0.350 e. The fraction of sp³-hybridized carbons (Fsp3) is 0.235. The maximum absolute atomic E-state index is 12.1. The monoisotopic (exact) mass is 411 g/mol. The van der Waals surface area contributed by atoms with Crippen molar-refractivity contribution in [1.29, 1.82) is 0 Å². The number of carbonyl (C=O) groups is 1. The van der Waals surface area contributed by atoms with E-state index in [-0.39, 0.29) is 34.7 Å². The fourth-order valence-corrected chi connectivity index (χ4v) is 3.89. The molecule has 146 valence electrons. The number of rotatable bonds is 8. The van der Waals surface area contributed by atoms with Gasteiger partial charge in [-0.25, -0.2) is 26.7 Å². The molecular weight excluding hydrogens is 390 g/mol. The number of hydrogen-bond acceptors (Lipinski definition) is 5. The highest BCUT2D eigenvalue weighted by atomic mass is 32.2. The first-order chi connectivity index (χ1) is 12.6. The van der Waals surface area contributed by atoms with Crippen LogP contribution in [0.1, 0.15) is 24.9 Å². The average molecular weight is 412 g/mol. The van der Waals surface area contributed by atoms with E-state index in [0.29, 0.717) is 5.56 Å². The minimum atomic E-state index is -3.77. The average Bonchev–Trinajstić information content (AvgIpc) is 2.61. The van der Waals surface area contributed by atoms with Crippen molar-refractivity contribution in [2.24, 2.45) is 5.14 Å². The first kappa shape index (κ1) is 21.0. The molecule has 1 atom stereocenters. The van der Waals surface area contributed by atoms with E-state index in [1.54, 1.807) is 37.3 Å². The molecule has 0 saturated heterocycles. The molecule has 0 fully saturated rings. The van der Waals surface area contributed by atoms with Crippen molar-refractivity contribution < 1.29 is 21.6 Å². The van der Waals surface area contributed by atoms with Crippen LogP contribution in [0.3, 0.4) is 0 Å². The molecule has 0 aromatic heterocycles. The Balaban J connectivity index is 1.86. The van der Waals surface area contributed by atoms with Crippen LogP contribution in [-0.2, 0) is 24.8 Å². The number of carbonyl (C=O) groups excluding carboxylic acids is 1. The Morgan fingerprint density at radius 3 is 2.11 bits per heavy atom. The molecule has 1 amide bonds. The molecule has 10 heteroatoms. The van der Waals surface area contributed by atoms with Gasteiger partial charge in [0.05, 0.1) is 15.8 Å². The number of amides is 1. The summed E-state index contributed by atoms with van der Waals surface area (Å²) in [4.78, 5) is 12.1. The summed E-state index contributed by atoms with van der Waals surface area (Å²) < 4.78 is 49.0. The molecule has 0 radical (unpaired) electrons. The molecule has 0 aliphatic carbocycles. The third-order valence-corrected chi connectivity index (χ3v) is 6.19. The Hall–Kier alpha value is -2.27. The summed E-state index contributed by atoms with van der Waals surface area (Å²) in [6, 6.07) is 13.3. The second-order valence-corrected chi connectivity index (χ2v) is 9.19. The first-order valence-electron chi connectivity index (χ1n) is 8.06. The second-order valence-electron chi connectivity index (χ2n) is 5.86. The van der Waals surface area contributed by atoms with Gasteiger partial charge >= 0.3 is 0 Å². The van der Waals surface area contributed by atoms with Gasteiger partial charge in [0.1, 0.15) is 0 Å². The molecule has 0 aliphatic heterocycles. The second kappa shape index (κ2) is 8.61. The van der Waals surface area contributed by atoms with Crippen molar-refractivity contribution in [3.8, 4) is 0 Å². The molecule has 1 unspecified atom stereocenters. The van der Waals surface area contributed by atoms with Crippen LogP contribution >= 0.6 is 0 Å². The van der Waals surface area contributed by atoms with Crippen LogP contribution in [0.4, 0.5) is 0 Å². The van der Waals surface area contributed by atoms with Crippen molar-refractivity contribution in [3.63, 3.8) is 0 Å². The number of primary sulfonamides is 1. The number of hydrogen-bond donors (Lipinski definition) is 3. The van der Waals surface area contributed by atoms with Crippen molar-refractivity contribution in [1.82, 2.24) is 10.0 Å².